The molecule has 1 amide bonds. The van der Waals surface area contributed by atoms with Crippen LogP contribution in [-0.4, -0.2) is 38.3 Å². The second kappa shape index (κ2) is 7.73. The monoisotopic (exact) mass is 316 g/mol. The fourth-order valence-electron chi connectivity index (χ4n) is 2.18. The molecular weight excluding hydrogens is 295 g/mol. The number of amides is 1. The molecule has 2 N–H and O–H groups in total. The van der Waals surface area contributed by atoms with E-state index in [1.807, 2.05) is 19.9 Å². The summed E-state index contributed by atoms with van der Waals surface area (Å²) in [5.74, 6) is -0.335. The number of hydrogen-bond acceptors (Lipinski definition) is 3. The molecule has 0 aliphatic carbocycles. The predicted molar refractivity (Wildman–Crippen MR) is 82.3 cm³/mol. The number of ether oxygens (including phenoxy) is 1. The first-order valence-corrected chi connectivity index (χ1v) is 6.84. The van der Waals surface area contributed by atoms with Gasteiger partial charge in [-0.05, 0) is 17.7 Å². The van der Waals surface area contributed by atoms with Crippen molar-refractivity contribution in [2.75, 3.05) is 26.3 Å². The SMILES string of the molecule is CC(C)(CNC(=O)C1COCCN1)c1cccc(F)c1.Cl. The molecule has 0 aromatic heterocycles. The zero-order chi connectivity index (χ0) is 14.6. The fourth-order valence-corrected chi connectivity index (χ4v) is 2.18. The van der Waals surface area contributed by atoms with Gasteiger partial charge in [-0.2, -0.15) is 0 Å². The molecule has 0 bridgehead atoms. The summed E-state index contributed by atoms with van der Waals surface area (Å²) >= 11 is 0. The highest BCUT2D eigenvalue weighted by molar-refractivity contribution is 5.85. The molecule has 21 heavy (non-hydrogen) atoms. The van der Waals surface area contributed by atoms with E-state index >= 15 is 0 Å². The lowest BCUT2D eigenvalue weighted by atomic mass is 9.84. The maximum absolute atomic E-state index is 13.3. The molecule has 2 rings (SSSR count). The van der Waals surface area contributed by atoms with Crippen molar-refractivity contribution < 1.29 is 13.9 Å². The number of halogens is 2. The normalized spacial score (nSPS) is 18.7. The third-order valence-electron chi connectivity index (χ3n) is 3.55. The second-order valence-corrected chi connectivity index (χ2v) is 5.69. The summed E-state index contributed by atoms with van der Waals surface area (Å²) in [5.41, 5.74) is 0.540. The molecule has 1 aromatic carbocycles. The van der Waals surface area contributed by atoms with Crippen LogP contribution >= 0.6 is 12.4 Å². The average molecular weight is 317 g/mol. The van der Waals surface area contributed by atoms with Crippen LogP contribution in [0.1, 0.15) is 19.4 Å². The van der Waals surface area contributed by atoms with Crippen LogP contribution in [-0.2, 0) is 14.9 Å². The van der Waals surface area contributed by atoms with Gasteiger partial charge in [0, 0.05) is 18.5 Å². The number of morpholine rings is 1. The zero-order valence-electron chi connectivity index (χ0n) is 12.3. The summed E-state index contributed by atoms with van der Waals surface area (Å²) in [6, 6.07) is 6.18. The number of rotatable bonds is 4. The smallest absolute Gasteiger partial charge is 0.239 e. The van der Waals surface area contributed by atoms with E-state index in [-0.39, 0.29) is 35.6 Å². The van der Waals surface area contributed by atoms with E-state index in [9.17, 15) is 9.18 Å². The predicted octanol–water partition coefficient (Wildman–Crippen LogP) is 1.63. The van der Waals surface area contributed by atoms with Gasteiger partial charge in [-0.15, -0.1) is 12.4 Å². The Balaban J connectivity index is 0.00000220. The number of benzene rings is 1. The Morgan fingerprint density at radius 2 is 2.29 bits per heavy atom. The number of carbonyl (C=O) groups excluding carboxylic acids is 1. The van der Waals surface area contributed by atoms with Gasteiger partial charge < -0.3 is 15.4 Å². The van der Waals surface area contributed by atoms with Crippen LogP contribution in [0, 0.1) is 5.82 Å². The zero-order valence-corrected chi connectivity index (χ0v) is 13.1. The molecule has 1 aromatic rings. The highest BCUT2D eigenvalue weighted by atomic mass is 35.5. The van der Waals surface area contributed by atoms with Crippen molar-refractivity contribution >= 4 is 18.3 Å². The Morgan fingerprint density at radius 1 is 1.52 bits per heavy atom. The van der Waals surface area contributed by atoms with Crippen molar-refractivity contribution in [1.29, 1.82) is 0 Å². The Labute approximate surface area is 130 Å². The largest absolute Gasteiger partial charge is 0.378 e. The van der Waals surface area contributed by atoms with Crippen molar-refractivity contribution in [3.05, 3.63) is 35.6 Å². The molecule has 1 aliphatic heterocycles. The van der Waals surface area contributed by atoms with Crippen LogP contribution in [0.5, 0.6) is 0 Å². The molecule has 4 nitrogen and oxygen atoms in total. The molecule has 118 valence electrons. The van der Waals surface area contributed by atoms with Gasteiger partial charge in [0.1, 0.15) is 11.9 Å². The molecule has 1 atom stereocenters. The van der Waals surface area contributed by atoms with E-state index in [0.29, 0.717) is 26.3 Å². The van der Waals surface area contributed by atoms with Crippen molar-refractivity contribution in [3.8, 4) is 0 Å². The number of carbonyl (C=O) groups is 1. The van der Waals surface area contributed by atoms with Gasteiger partial charge in [-0.3, -0.25) is 4.79 Å². The summed E-state index contributed by atoms with van der Waals surface area (Å²) < 4.78 is 18.5. The molecule has 6 heteroatoms. The van der Waals surface area contributed by atoms with E-state index in [4.69, 9.17) is 4.74 Å². The van der Waals surface area contributed by atoms with Crippen LogP contribution in [0.15, 0.2) is 24.3 Å². The molecule has 1 aliphatic rings. The Kier molecular flexibility index (Phi) is 6.58. The van der Waals surface area contributed by atoms with Gasteiger partial charge in [0.2, 0.25) is 5.91 Å². The van der Waals surface area contributed by atoms with Gasteiger partial charge in [0.05, 0.1) is 13.2 Å². The minimum absolute atomic E-state index is 0. The minimum Gasteiger partial charge on any atom is -0.378 e. The summed E-state index contributed by atoms with van der Waals surface area (Å²) in [6.07, 6.45) is 0. The Bertz CT molecular complexity index is 476. The first-order chi connectivity index (χ1) is 9.49. The topological polar surface area (TPSA) is 50.4 Å². The van der Waals surface area contributed by atoms with E-state index in [2.05, 4.69) is 10.6 Å². The lowest BCUT2D eigenvalue weighted by Crippen LogP contribution is -2.52. The number of nitrogens with one attached hydrogen (secondary N) is 2. The van der Waals surface area contributed by atoms with Crippen LogP contribution in [0.4, 0.5) is 4.39 Å². The summed E-state index contributed by atoms with van der Waals surface area (Å²) in [6.45, 7) is 6.13. The van der Waals surface area contributed by atoms with Crippen LogP contribution < -0.4 is 10.6 Å². The quantitative estimate of drug-likeness (QED) is 0.887. The van der Waals surface area contributed by atoms with Gasteiger partial charge in [0.15, 0.2) is 0 Å². The highest BCUT2D eigenvalue weighted by Gasteiger charge is 2.25. The van der Waals surface area contributed by atoms with Crippen molar-refractivity contribution in [2.45, 2.75) is 25.3 Å². The van der Waals surface area contributed by atoms with E-state index < -0.39 is 0 Å². The summed E-state index contributed by atoms with van der Waals surface area (Å²) in [5, 5.41) is 6.01. The number of hydrogen-bond donors (Lipinski definition) is 2. The van der Waals surface area contributed by atoms with Gasteiger partial charge in [0.25, 0.3) is 0 Å². The molecular formula is C15H22ClFN2O2. The fraction of sp³-hybridized carbons (Fsp3) is 0.533. The molecule has 0 spiro atoms. The molecule has 1 saturated heterocycles. The van der Waals surface area contributed by atoms with Crippen LogP contribution in [0.25, 0.3) is 0 Å². The third kappa shape index (κ3) is 4.95. The molecule has 1 unspecified atom stereocenters. The van der Waals surface area contributed by atoms with Crippen LogP contribution in [0.2, 0.25) is 0 Å². The van der Waals surface area contributed by atoms with E-state index in [0.717, 1.165) is 5.56 Å². The van der Waals surface area contributed by atoms with Gasteiger partial charge in [-0.1, -0.05) is 26.0 Å². The first-order valence-electron chi connectivity index (χ1n) is 6.84. The lowest BCUT2D eigenvalue weighted by Gasteiger charge is -2.28. The third-order valence-corrected chi connectivity index (χ3v) is 3.55. The lowest BCUT2D eigenvalue weighted by molar-refractivity contribution is -0.126. The Hall–Kier alpha value is -1.17. The molecule has 1 fully saturated rings. The Morgan fingerprint density at radius 3 is 2.90 bits per heavy atom. The molecule has 0 radical (unpaired) electrons. The van der Waals surface area contributed by atoms with Crippen molar-refractivity contribution in [3.63, 3.8) is 0 Å². The van der Waals surface area contributed by atoms with Crippen LogP contribution in [0.3, 0.4) is 0 Å². The molecule has 1 heterocycles. The van der Waals surface area contributed by atoms with Gasteiger partial charge in [-0.25, -0.2) is 4.39 Å². The van der Waals surface area contributed by atoms with E-state index in [1.54, 1.807) is 6.07 Å². The summed E-state index contributed by atoms with van der Waals surface area (Å²) in [4.78, 5) is 12.0. The minimum atomic E-state index is -0.326. The maximum atomic E-state index is 13.3. The highest BCUT2D eigenvalue weighted by Crippen LogP contribution is 2.22. The maximum Gasteiger partial charge on any atom is 0.239 e. The standard InChI is InChI=1S/C15H21FN2O2.ClH/c1-15(2,11-4-3-5-12(16)8-11)10-18-14(19)13-9-20-7-6-17-13;/h3-5,8,13,17H,6-7,9-10H2,1-2H3,(H,18,19);1H. The summed E-state index contributed by atoms with van der Waals surface area (Å²) in [7, 11) is 0. The first kappa shape index (κ1) is 17.9. The second-order valence-electron chi connectivity index (χ2n) is 5.69. The van der Waals surface area contributed by atoms with Gasteiger partial charge >= 0.3 is 0 Å². The van der Waals surface area contributed by atoms with Crippen molar-refractivity contribution in [2.24, 2.45) is 0 Å². The average Bonchev–Trinajstić information content (AvgIpc) is 2.46. The molecule has 0 saturated carbocycles. The van der Waals surface area contributed by atoms with E-state index in [1.165, 1.54) is 12.1 Å². The van der Waals surface area contributed by atoms with Crippen molar-refractivity contribution in [1.82, 2.24) is 10.6 Å².